The average molecular weight is 539 g/mol. The van der Waals surface area contributed by atoms with Crippen molar-refractivity contribution in [3.8, 4) is 22.4 Å². The van der Waals surface area contributed by atoms with Crippen LogP contribution < -0.4 is 10.5 Å². The van der Waals surface area contributed by atoms with Crippen LogP contribution >= 0.6 is 23.2 Å². The maximum atomic E-state index is 12.5. The quantitative estimate of drug-likeness (QED) is 0.187. The van der Waals surface area contributed by atoms with E-state index in [0.29, 0.717) is 32.4 Å². The highest BCUT2D eigenvalue weighted by atomic mass is 35.5. The van der Waals surface area contributed by atoms with Crippen LogP contribution in [0, 0.1) is 0 Å². The second-order valence-electron chi connectivity index (χ2n) is 7.72. The summed E-state index contributed by atoms with van der Waals surface area (Å²) in [6.07, 6.45) is 2.33. The fraction of sp³-hybridized carbons (Fsp3) is 0.0385. The summed E-state index contributed by atoms with van der Waals surface area (Å²) in [6, 6.07) is 21.9. The Morgan fingerprint density at radius 3 is 2.33 bits per heavy atom. The Hall–Kier alpha value is -3.72. The fourth-order valence-electron chi connectivity index (χ4n) is 3.51. The number of hydrogen-bond acceptors (Lipinski definition) is 5. The van der Waals surface area contributed by atoms with E-state index in [9.17, 15) is 13.2 Å². The molecule has 0 bridgehead atoms. The molecule has 4 rings (SSSR count). The van der Waals surface area contributed by atoms with E-state index in [1.165, 1.54) is 12.1 Å². The van der Waals surface area contributed by atoms with Gasteiger partial charge < -0.3 is 5.73 Å². The van der Waals surface area contributed by atoms with Gasteiger partial charge in [0.05, 0.1) is 17.1 Å². The van der Waals surface area contributed by atoms with Gasteiger partial charge >= 0.3 is 0 Å². The molecule has 3 aromatic carbocycles. The average Bonchev–Trinajstić information content (AvgIpc) is 2.88. The third-order valence-electron chi connectivity index (χ3n) is 5.22. The molecule has 0 saturated heterocycles. The highest BCUT2D eigenvalue weighted by Crippen LogP contribution is 2.34. The Morgan fingerprint density at radius 2 is 1.64 bits per heavy atom. The molecule has 4 aromatic rings. The number of aldehydes is 1. The first-order valence-corrected chi connectivity index (χ1v) is 12.9. The summed E-state index contributed by atoms with van der Waals surface area (Å²) in [5, 5.41) is 1.01. The van der Waals surface area contributed by atoms with Gasteiger partial charge in [0, 0.05) is 32.9 Å². The lowest BCUT2D eigenvalue weighted by molar-refractivity contribution is 0.112. The summed E-state index contributed by atoms with van der Waals surface area (Å²) in [4.78, 5) is 20.6. The number of rotatable bonds is 7. The first kappa shape index (κ1) is 25.4. The molecule has 0 atom stereocenters. The summed E-state index contributed by atoms with van der Waals surface area (Å²) >= 11 is 12.1. The van der Waals surface area contributed by atoms with Crippen LogP contribution in [0.1, 0.15) is 15.9 Å². The number of aliphatic imine (C=N–C) groups is 1. The van der Waals surface area contributed by atoms with Crippen LogP contribution in [0.4, 0.5) is 0 Å². The Balaban J connectivity index is 1.68. The second kappa shape index (κ2) is 10.9. The number of nitrogens with zero attached hydrogens (tertiary/aromatic N) is 2. The number of benzene rings is 3. The van der Waals surface area contributed by atoms with Gasteiger partial charge in [0.2, 0.25) is 5.96 Å². The summed E-state index contributed by atoms with van der Waals surface area (Å²) < 4.78 is 27.2. The first-order valence-electron chi connectivity index (χ1n) is 10.6. The molecule has 0 aliphatic rings. The topological polar surface area (TPSA) is 115 Å². The van der Waals surface area contributed by atoms with E-state index in [4.69, 9.17) is 28.9 Å². The van der Waals surface area contributed by atoms with Gasteiger partial charge in [0.1, 0.15) is 0 Å². The number of nitrogens with two attached hydrogens (primary N) is 1. The lowest BCUT2D eigenvalue weighted by Gasteiger charge is -2.13. The fourth-order valence-corrected chi connectivity index (χ4v) is 4.79. The van der Waals surface area contributed by atoms with E-state index < -0.39 is 10.0 Å². The van der Waals surface area contributed by atoms with Gasteiger partial charge in [-0.2, -0.15) is 0 Å². The molecule has 1 heterocycles. The number of pyridine rings is 1. The lowest BCUT2D eigenvalue weighted by Crippen LogP contribution is -2.36. The Labute approximate surface area is 218 Å². The maximum absolute atomic E-state index is 12.5. The number of guanidine groups is 1. The van der Waals surface area contributed by atoms with Crippen molar-refractivity contribution in [2.75, 3.05) is 0 Å². The zero-order chi connectivity index (χ0) is 25.7. The standard InChI is InChI=1S/C26H20Cl2N4O3S/c27-20-8-6-18(7-9-20)24-12-17(14-30-25(24)23-11-10-21(28)13-19(23)16-33)15-31-26(29)32-36(34,35)22-4-2-1-3-5-22/h1-14,16H,15H2,(H3,29,31,32). The number of hydrogen-bond donors (Lipinski definition) is 2. The van der Waals surface area contributed by atoms with Crippen molar-refractivity contribution >= 4 is 45.5 Å². The van der Waals surface area contributed by atoms with Crippen LogP contribution in [0.5, 0.6) is 0 Å². The molecule has 1 aromatic heterocycles. The van der Waals surface area contributed by atoms with Gasteiger partial charge in [0.15, 0.2) is 6.29 Å². The van der Waals surface area contributed by atoms with Gasteiger partial charge in [-0.15, -0.1) is 0 Å². The predicted octanol–water partition coefficient (Wildman–Crippen LogP) is 5.33. The molecule has 0 spiro atoms. The van der Waals surface area contributed by atoms with E-state index >= 15 is 0 Å². The van der Waals surface area contributed by atoms with Crippen LogP contribution in [0.2, 0.25) is 10.0 Å². The van der Waals surface area contributed by atoms with Crippen molar-refractivity contribution in [3.05, 3.63) is 106 Å². The molecular weight excluding hydrogens is 519 g/mol. The van der Waals surface area contributed by atoms with Crippen molar-refractivity contribution in [2.45, 2.75) is 11.4 Å². The number of halogens is 2. The molecule has 0 aliphatic carbocycles. The zero-order valence-electron chi connectivity index (χ0n) is 18.7. The summed E-state index contributed by atoms with van der Waals surface area (Å²) in [5.74, 6) is -0.253. The van der Waals surface area contributed by atoms with Crippen molar-refractivity contribution in [2.24, 2.45) is 10.7 Å². The number of carbonyl (C=O) groups excluding carboxylic acids is 1. The first-order chi connectivity index (χ1) is 17.3. The Morgan fingerprint density at radius 1 is 0.944 bits per heavy atom. The lowest BCUT2D eigenvalue weighted by atomic mass is 9.95. The Kier molecular flexibility index (Phi) is 7.69. The Bertz CT molecular complexity index is 1540. The molecule has 0 unspecified atom stereocenters. The van der Waals surface area contributed by atoms with E-state index in [0.717, 1.165) is 17.4 Å². The van der Waals surface area contributed by atoms with Crippen molar-refractivity contribution < 1.29 is 13.2 Å². The number of carbonyl (C=O) groups is 1. The van der Waals surface area contributed by atoms with Crippen LogP contribution in [-0.2, 0) is 16.6 Å². The largest absolute Gasteiger partial charge is 0.369 e. The van der Waals surface area contributed by atoms with E-state index in [1.807, 2.05) is 18.2 Å². The molecule has 0 radical (unpaired) electrons. The minimum atomic E-state index is -3.85. The molecule has 3 N–H and O–H groups in total. The van der Waals surface area contributed by atoms with Gasteiger partial charge in [-0.1, -0.05) is 59.6 Å². The summed E-state index contributed by atoms with van der Waals surface area (Å²) in [7, 11) is -3.85. The predicted molar refractivity (Wildman–Crippen MR) is 143 cm³/mol. The maximum Gasteiger partial charge on any atom is 0.264 e. The summed E-state index contributed by atoms with van der Waals surface area (Å²) in [5.41, 5.74) is 9.66. The third kappa shape index (κ3) is 5.91. The minimum Gasteiger partial charge on any atom is -0.369 e. The number of nitrogens with one attached hydrogen (secondary N) is 1. The molecule has 36 heavy (non-hydrogen) atoms. The number of aromatic nitrogens is 1. The van der Waals surface area contributed by atoms with Gasteiger partial charge in [-0.3, -0.25) is 9.78 Å². The zero-order valence-corrected chi connectivity index (χ0v) is 21.1. The molecule has 182 valence electrons. The van der Waals surface area contributed by atoms with E-state index in [1.54, 1.807) is 54.7 Å². The van der Waals surface area contributed by atoms with Crippen LogP contribution in [0.25, 0.3) is 22.4 Å². The van der Waals surface area contributed by atoms with Crippen LogP contribution in [-0.4, -0.2) is 25.6 Å². The number of sulfonamides is 1. The second-order valence-corrected chi connectivity index (χ2v) is 10.3. The van der Waals surface area contributed by atoms with Gasteiger partial charge in [-0.05, 0) is 53.6 Å². The van der Waals surface area contributed by atoms with Crippen molar-refractivity contribution in [1.29, 1.82) is 0 Å². The highest BCUT2D eigenvalue weighted by molar-refractivity contribution is 7.90. The van der Waals surface area contributed by atoms with Crippen LogP contribution in [0.15, 0.2) is 94.9 Å². The molecular formula is C26H20Cl2N4O3S. The third-order valence-corrected chi connectivity index (χ3v) is 7.08. The smallest absolute Gasteiger partial charge is 0.264 e. The van der Waals surface area contributed by atoms with Gasteiger partial charge in [0.25, 0.3) is 10.0 Å². The van der Waals surface area contributed by atoms with E-state index in [-0.39, 0.29) is 17.4 Å². The SMILES string of the molecule is NC(=NCc1cnc(-c2ccc(Cl)cc2C=O)c(-c2ccc(Cl)cc2)c1)NS(=O)(=O)c1ccccc1. The molecule has 0 amide bonds. The molecule has 7 nitrogen and oxygen atoms in total. The molecule has 0 saturated carbocycles. The van der Waals surface area contributed by atoms with Gasteiger partial charge in [-0.25, -0.2) is 18.1 Å². The van der Waals surface area contributed by atoms with Crippen molar-refractivity contribution in [3.63, 3.8) is 0 Å². The highest BCUT2D eigenvalue weighted by Gasteiger charge is 2.16. The molecule has 0 fully saturated rings. The normalized spacial score (nSPS) is 11.8. The monoisotopic (exact) mass is 538 g/mol. The van der Waals surface area contributed by atoms with Crippen LogP contribution in [0.3, 0.4) is 0 Å². The summed E-state index contributed by atoms with van der Waals surface area (Å²) in [6.45, 7) is 0.0676. The molecule has 10 heteroatoms. The minimum absolute atomic E-state index is 0.0676. The van der Waals surface area contributed by atoms with Crippen molar-refractivity contribution in [1.82, 2.24) is 9.71 Å². The molecule has 0 aliphatic heterocycles. The van der Waals surface area contributed by atoms with E-state index in [2.05, 4.69) is 14.7 Å².